The third kappa shape index (κ3) is 4.44. The number of likely N-dealkylation sites (N-methyl/N-ethyl adjacent to an activating group) is 2. The number of nitrogens with one attached hydrogen (secondary N) is 1. The van der Waals surface area contributed by atoms with Gasteiger partial charge >= 0.3 is 0 Å². The van der Waals surface area contributed by atoms with Crippen molar-refractivity contribution in [1.82, 2.24) is 20.4 Å². The monoisotopic (exact) mass is 240 g/mol. The van der Waals surface area contributed by atoms with Gasteiger partial charge in [0.2, 0.25) is 5.89 Å². The van der Waals surface area contributed by atoms with Crippen molar-refractivity contribution in [2.45, 2.75) is 39.2 Å². The van der Waals surface area contributed by atoms with E-state index in [4.69, 9.17) is 4.52 Å². The normalized spacial score (nSPS) is 15.2. The molecule has 0 radical (unpaired) electrons. The molecule has 1 aromatic rings. The van der Waals surface area contributed by atoms with E-state index in [1.165, 1.54) is 0 Å². The van der Waals surface area contributed by atoms with Crippen LogP contribution in [-0.2, 0) is 6.42 Å². The molecule has 0 saturated heterocycles. The smallest absolute Gasteiger partial charge is 0.231 e. The number of aromatic nitrogens is 2. The van der Waals surface area contributed by atoms with E-state index in [1.807, 2.05) is 14.1 Å². The van der Waals surface area contributed by atoms with E-state index in [9.17, 15) is 0 Å². The Labute approximate surface area is 104 Å². The number of hydrogen-bond acceptors (Lipinski definition) is 5. The van der Waals surface area contributed by atoms with Crippen molar-refractivity contribution >= 4 is 0 Å². The lowest BCUT2D eigenvalue weighted by atomic mass is 10.0. The molecule has 2 atom stereocenters. The van der Waals surface area contributed by atoms with Crippen LogP contribution >= 0.6 is 0 Å². The second kappa shape index (κ2) is 6.71. The van der Waals surface area contributed by atoms with E-state index in [0.29, 0.717) is 6.04 Å². The molecule has 2 unspecified atom stereocenters. The molecule has 1 rings (SSSR count). The summed E-state index contributed by atoms with van der Waals surface area (Å²) in [6, 6.07) is 0.349. The van der Waals surface area contributed by atoms with Crippen LogP contribution in [0.4, 0.5) is 0 Å². The molecule has 0 bridgehead atoms. The van der Waals surface area contributed by atoms with Crippen molar-refractivity contribution < 1.29 is 4.52 Å². The first-order chi connectivity index (χ1) is 8.04. The van der Waals surface area contributed by atoms with Crippen molar-refractivity contribution in [3.05, 3.63) is 11.7 Å². The van der Waals surface area contributed by atoms with Crippen LogP contribution in [0.3, 0.4) is 0 Å². The Morgan fingerprint density at radius 1 is 1.35 bits per heavy atom. The lowest BCUT2D eigenvalue weighted by molar-refractivity contribution is 0.328. The van der Waals surface area contributed by atoms with Gasteiger partial charge in [0.05, 0.1) is 5.92 Å². The summed E-state index contributed by atoms with van der Waals surface area (Å²) < 4.78 is 5.31. The Morgan fingerprint density at radius 3 is 2.65 bits per heavy atom. The number of rotatable bonds is 7. The van der Waals surface area contributed by atoms with E-state index in [2.05, 4.69) is 41.1 Å². The zero-order chi connectivity index (χ0) is 12.8. The summed E-state index contributed by atoms with van der Waals surface area (Å²) in [5, 5.41) is 7.38. The van der Waals surface area contributed by atoms with Gasteiger partial charge in [0.1, 0.15) is 0 Å². The van der Waals surface area contributed by atoms with E-state index in [-0.39, 0.29) is 5.92 Å². The van der Waals surface area contributed by atoms with Crippen LogP contribution in [-0.4, -0.2) is 48.3 Å². The Balaban J connectivity index is 2.54. The zero-order valence-corrected chi connectivity index (χ0v) is 11.5. The molecule has 0 saturated carbocycles. The minimum absolute atomic E-state index is 0.246. The van der Waals surface area contributed by atoms with Crippen molar-refractivity contribution in [1.29, 1.82) is 0 Å². The lowest BCUT2D eigenvalue weighted by Gasteiger charge is -2.16. The fraction of sp³-hybridized carbons (Fsp3) is 0.833. The SMILES string of the molecule is CCNC(C)C(C)c1nc(CCN(C)C)no1. The maximum atomic E-state index is 5.31. The fourth-order valence-electron chi connectivity index (χ4n) is 1.59. The Morgan fingerprint density at radius 2 is 2.06 bits per heavy atom. The summed E-state index contributed by atoms with van der Waals surface area (Å²) in [4.78, 5) is 6.55. The second-order valence-electron chi connectivity index (χ2n) is 4.74. The minimum atomic E-state index is 0.246. The molecular weight excluding hydrogens is 216 g/mol. The average molecular weight is 240 g/mol. The average Bonchev–Trinajstić information content (AvgIpc) is 2.74. The zero-order valence-electron chi connectivity index (χ0n) is 11.5. The first-order valence-corrected chi connectivity index (χ1v) is 6.25. The maximum absolute atomic E-state index is 5.31. The summed E-state index contributed by atoms with van der Waals surface area (Å²) in [7, 11) is 4.08. The predicted molar refractivity (Wildman–Crippen MR) is 68.1 cm³/mol. The molecule has 5 nitrogen and oxygen atoms in total. The third-order valence-corrected chi connectivity index (χ3v) is 2.93. The fourth-order valence-corrected chi connectivity index (χ4v) is 1.59. The summed E-state index contributed by atoms with van der Waals surface area (Å²) in [6.07, 6.45) is 0.832. The van der Waals surface area contributed by atoms with Crippen molar-refractivity contribution in [3.8, 4) is 0 Å². The molecule has 1 aromatic heterocycles. The van der Waals surface area contributed by atoms with Crippen LogP contribution in [0.15, 0.2) is 4.52 Å². The Kier molecular flexibility index (Phi) is 5.58. The molecule has 1 N–H and O–H groups in total. The molecule has 0 fully saturated rings. The van der Waals surface area contributed by atoms with Crippen molar-refractivity contribution in [3.63, 3.8) is 0 Å². The first kappa shape index (κ1) is 14.1. The van der Waals surface area contributed by atoms with E-state index in [1.54, 1.807) is 0 Å². The first-order valence-electron chi connectivity index (χ1n) is 6.25. The van der Waals surface area contributed by atoms with Gasteiger partial charge in [0.25, 0.3) is 0 Å². The van der Waals surface area contributed by atoms with Crippen LogP contribution in [0.1, 0.15) is 38.4 Å². The number of nitrogens with zero attached hydrogens (tertiary/aromatic N) is 3. The van der Waals surface area contributed by atoms with Crippen molar-refractivity contribution in [2.24, 2.45) is 0 Å². The Bertz CT molecular complexity index is 324. The predicted octanol–water partition coefficient (Wildman–Crippen LogP) is 1.28. The summed E-state index contributed by atoms with van der Waals surface area (Å²) in [6.45, 7) is 8.23. The highest BCUT2D eigenvalue weighted by molar-refractivity contribution is 4.96. The van der Waals surface area contributed by atoms with Crippen LogP contribution < -0.4 is 5.32 Å². The highest BCUT2D eigenvalue weighted by atomic mass is 16.5. The highest BCUT2D eigenvalue weighted by Gasteiger charge is 2.19. The third-order valence-electron chi connectivity index (χ3n) is 2.93. The van der Waals surface area contributed by atoms with Gasteiger partial charge in [-0.3, -0.25) is 0 Å². The lowest BCUT2D eigenvalue weighted by Crippen LogP contribution is -2.30. The molecule has 0 amide bonds. The molecule has 0 spiro atoms. The van der Waals surface area contributed by atoms with E-state index in [0.717, 1.165) is 31.2 Å². The standard InChI is InChI=1S/C12H24N4O/c1-6-13-10(3)9(2)12-14-11(15-17-12)7-8-16(4)5/h9-10,13H,6-8H2,1-5H3. The quantitative estimate of drug-likeness (QED) is 0.778. The van der Waals surface area contributed by atoms with Gasteiger partial charge in [-0.05, 0) is 27.6 Å². The summed E-state index contributed by atoms with van der Waals surface area (Å²) >= 11 is 0. The van der Waals surface area contributed by atoms with Gasteiger partial charge in [-0.15, -0.1) is 0 Å². The molecule has 0 aliphatic heterocycles. The summed E-state index contributed by atoms with van der Waals surface area (Å²) in [5.74, 6) is 1.77. The Hall–Kier alpha value is -0.940. The second-order valence-corrected chi connectivity index (χ2v) is 4.74. The van der Waals surface area contributed by atoms with Gasteiger partial charge in [-0.1, -0.05) is 19.0 Å². The minimum Gasteiger partial charge on any atom is -0.339 e. The molecule has 98 valence electrons. The van der Waals surface area contributed by atoms with Gasteiger partial charge in [0.15, 0.2) is 5.82 Å². The van der Waals surface area contributed by atoms with Crippen molar-refractivity contribution in [2.75, 3.05) is 27.2 Å². The topological polar surface area (TPSA) is 54.2 Å². The molecule has 17 heavy (non-hydrogen) atoms. The maximum Gasteiger partial charge on any atom is 0.231 e. The van der Waals surface area contributed by atoms with E-state index < -0.39 is 0 Å². The molecule has 0 aromatic carbocycles. The molecule has 0 aliphatic carbocycles. The van der Waals surface area contributed by atoms with Gasteiger partial charge < -0.3 is 14.7 Å². The van der Waals surface area contributed by atoms with Crippen LogP contribution in [0.5, 0.6) is 0 Å². The molecule has 5 heteroatoms. The molecule has 0 aliphatic rings. The largest absolute Gasteiger partial charge is 0.339 e. The number of hydrogen-bond donors (Lipinski definition) is 1. The molecular formula is C12H24N4O. The highest BCUT2D eigenvalue weighted by Crippen LogP contribution is 2.17. The van der Waals surface area contributed by atoms with Gasteiger partial charge in [0, 0.05) is 19.0 Å². The molecule has 1 heterocycles. The van der Waals surface area contributed by atoms with Crippen LogP contribution in [0, 0.1) is 0 Å². The van der Waals surface area contributed by atoms with Crippen LogP contribution in [0.25, 0.3) is 0 Å². The van der Waals surface area contributed by atoms with Crippen LogP contribution in [0.2, 0.25) is 0 Å². The summed E-state index contributed by atoms with van der Waals surface area (Å²) in [5.41, 5.74) is 0. The van der Waals surface area contributed by atoms with Gasteiger partial charge in [-0.25, -0.2) is 0 Å². The van der Waals surface area contributed by atoms with E-state index >= 15 is 0 Å². The van der Waals surface area contributed by atoms with Gasteiger partial charge in [-0.2, -0.15) is 4.98 Å².